The molecule has 0 unspecified atom stereocenters. The van der Waals surface area contributed by atoms with E-state index < -0.39 is 30.2 Å². The van der Waals surface area contributed by atoms with Gasteiger partial charge in [0, 0.05) is 56.7 Å². The fraction of sp³-hybridized carbons (Fsp3) is 0.357. The van der Waals surface area contributed by atoms with Crippen molar-refractivity contribution in [2.75, 3.05) is 51.4 Å². The molecular weight excluding hydrogens is 577 g/mol. The second kappa shape index (κ2) is 12.8. The van der Waals surface area contributed by atoms with Gasteiger partial charge in [0.2, 0.25) is 18.6 Å². The van der Waals surface area contributed by atoms with Crippen LogP contribution in [-0.4, -0.2) is 83.6 Å². The third-order valence-corrected chi connectivity index (χ3v) is 7.62. The SMILES string of the molecule is O=C(Nc1ccc(C(=O)N2CCN(C(=O)[C@@H]3CCNC3)CC2)c(Cl)c1)c1ncc(Cc2ccc(OCF)c(F)c2F)[nH]1. The first-order valence-corrected chi connectivity index (χ1v) is 13.7. The Morgan fingerprint density at radius 3 is 2.52 bits per heavy atom. The standard InChI is InChI=1S/C28H28ClF3N6O4/c29-21-12-18(2-3-20(21)28(41)38-9-7-37(8-10-38)27(40)17-5-6-33-13-17)36-26(39)25-34-14-19(35-25)11-16-1-4-22(42-15-30)24(32)23(16)31/h1-4,12,14,17,33H,5-11,13,15H2,(H,34,35)(H,36,39)/t17-/m1/s1. The number of imidazole rings is 1. The molecule has 10 nitrogen and oxygen atoms in total. The number of amides is 3. The molecule has 0 spiro atoms. The van der Waals surface area contributed by atoms with Crippen molar-refractivity contribution in [1.29, 1.82) is 0 Å². The smallest absolute Gasteiger partial charge is 0.291 e. The second-order valence-electron chi connectivity index (χ2n) is 9.99. The van der Waals surface area contributed by atoms with Crippen molar-refractivity contribution in [3.05, 3.63) is 75.8 Å². The summed E-state index contributed by atoms with van der Waals surface area (Å²) in [5.74, 6) is -3.90. The first-order chi connectivity index (χ1) is 20.2. The van der Waals surface area contributed by atoms with E-state index >= 15 is 0 Å². The molecule has 0 aliphatic carbocycles. The number of piperazine rings is 1. The van der Waals surface area contributed by atoms with E-state index in [1.165, 1.54) is 30.5 Å². The van der Waals surface area contributed by atoms with Gasteiger partial charge in [0.25, 0.3) is 11.8 Å². The van der Waals surface area contributed by atoms with E-state index in [1.807, 2.05) is 0 Å². The molecule has 5 rings (SSSR count). The van der Waals surface area contributed by atoms with Gasteiger partial charge in [0.15, 0.2) is 17.4 Å². The Morgan fingerprint density at radius 2 is 1.83 bits per heavy atom. The highest BCUT2D eigenvalue weighted by molar-refractivity contribution is 6.34. The minimum absolute atomic E-state index is 0.00760. The molecule has 42 heavy (non-hydrogen) atoms. The van der Waals surface area contributed by atoms with Crippen molar-refractivity contribution in [1.82, 2.24) is 25.1 Å². The molecule has 1 atom stereocenters. The molecule has 2 aliphatic heterocycles. The van der Waals surface area contributed by atoms with Crippen molar-refractivity contribution in [3.63, 3.8) is 0 Å². The van der Waals surface area contributed by atoms with Crippen molar-refractivity contribution in [2.45, 2.75) is 12.8 Å². The number of nitrogens with one attached hydrogen (secondary N) is 3. The summed E-state index contributed by atoms with van der Waals surface area (Å²) in [5.41, 5.74) is 0.877. The molecule has 2 saturated heterocycles. The number of carbonyl (C=O) groups excluding carboxylic acids is 3. The normalized spacial score (nSPS) is 16.9. The van der Waals surface area contributed by atoms with Crippen LogP contribution in [0, 0.1) is 17.6 Å². The van der Waals surface area contributed by atoms with Gasteiger partial charge in [-0.1, -0.05) is 17.7 Å². The largest absolute Gasteiger partial charge is 0.460 e. The lowest BCUT2D eigenvalue weighted by atomic mass is 10.1. The van der Waals surface area contributed by atoms with Gasteiger partial charge in [-0.2, -0.15) is 4.39 Å². The summed E-state index contributed by atoms with van der Waals surface area (Å²) >= 11 is 6.40. The Bertz CT molecular complexity index is 1490. The molecular formula is C28H28ClF3N6O4. The van der Waals surface area contributed by atoms with Crippen LogP contribution in [0.3, 0.4) is 0 Å². The summed E-state index contributed by atoms with van der Waals surface area (Å²) in [6, 6.07) is 6.87. The van der Waals surface area contributed by atoms with Gasteiger partial charge < -0.3 is 30.2 Å². The van der Waals surface area contributed by atoms with Gasteiger partial charge in [0.05, 0.1) is 16.5 Å². The highest BCUT2D eigenvalue weighted by Crippen LogP contribution is 2.26. The topological polar surface area (TPSA) is 120 Å². The van der Waals surface area contributed by atoms with E-state index in [4.69, 9.17) is 11.6 Å². The van der Waals surface area contributed by atoms with E-state index in [9.17, 15) is 27.6 Å². The number of hydrogen-bond donors (Lipinski definition) is 3. The molecule has 3 heterocycles. The molecule has 3 N–H and O–H groups in total. The Labute approximate surface area is 244 Å². The number of ether oxygens (including phenoxy) is 1. The molecule has 2 fully saturated rings. The number of aromatic amines is 1. The van der Waals surface area contributed by atoms with Crippen LogP contribution in [0.5, 0.6) is 5.75 Å². The zero-order valence-corrected chi connectivity index (χ0v) is 23.1. The van der Waals surface area contributed by atoms with E-state index in [0.717, 1.165) is 19.0 Å². The Kier molecular flexibility index (Phi) is 8.97. The molecule has 0 radical (unpaired) electrons. The summed E-state index contributed by atoms with van der Waals surface area (Å²) in [7, 11) is 0. The summed E-state index contributed by atoms with van der Waals surface area (Å²) in [5, 5.41) is 5.97. The second-order valence-corrected chi connectivity index (χ2v) is 10.4. The average Bonchev–Trinajstić information content (AvgIpc) is 3.70. The number of halogens is 4. The zero-order chi connectivity index (χ0) is 29.8. The van der Waals surface area contributed by atoms with E-state index in [-0.39, 0.29) is 46.1 Å². The molecule has 3 amide bonds. The maximum Gasteiger partial charge on any atom is 0.291 e. The Morgan fingerprint density at radius 1 is 1.07 bits per heavy atom. The highest BCUT2D eigenvalue weighted by atomic mass is 35.5. The first-order valence-electron chi connectivity index (χ1n) is 13.3. The maximum atomic E-state index is 14.3. The molecule has 0 saturated carbocycles. The lowest BCUT2D eigenvalue weighted by Crippen LogP contribution is -2.52. The number of aromatic nitrogens is 2. The molecule has 2 aliphatic rings. The average molecular weight is 605 g/mol. The zero-order valence-electron chi connectivity index (χ0n) is 22.4. The minimum atomic E-state index is -1.31. The summed E-state index contributed by atoms with van der Waals surface area (Å²) in [4.78, 5) is 48.7. The van der Waals surface area contributed by atoms with Gasteiger partial charge in [-0.3, -0.25) is 14.4 Å². The van der Waals surface area contributed by atoms with Crippen molar-refractivity contribution < 1.29 is 32.3 Å². The molecule has 222 valence electrons. The molecule has 0 bridgehead atoms. The van der Waals surface area contributed by atoms with E-state index in [1.54, 1.807) is 9.80 Å². The summed E-state index contributed by atoms with van der Waals surface area (Å²) in [6.07, 6.45) is 2.03. The number of benzene rings is 2. The van der Waals surface area contributed by atoms with Gasteiger partial charge in [-0.15, -0.1) is 0 Å². The van der Waals surface area contributed by atoms with Crippen LogP contribution in [0.1, 0.15) is 38.7 Å². The van der Waals surface area contributed by atoms with Gasteiger partial charge in [-0.05, 0) is 42.8 Å². The number of anilines is 1. The van der Waals surface area contributed by atoms with Crippen molar-refractivity contribution in [2.24, 2.45) is 5.92 Å². The third kappa shape index (κ3) is 6.36. The van der Waals surface area contributed by atoms with Crippen LogP contribution < -0.4 is 15.4 Å². The number of carbonyl (C=O) groups is 3. The minimum Gasteiger partial charge on any atom is -0.460 e. The molecule has 2 aromatic carbocycles. The van der Waals surface area contributed by atoms with Crippen molar-refractivity contribution in [3.8, 4) is 5.75 Å². The fourth-order valence-electron chi connectivity index (χ4n) is 5.03. The quantitative estimate of drug-likeness (QED) is 0.363. The lowest BCUT2D eigenvalue weighted by molar-refractivity contribution is -0.136. The van der Waals surface area contributed by atoms with Crippen LogP contribution >= 0.6 is 11.6 Å². The van der Waals surface area contributed by atoms with Crippen LogP contribution in [0.15, 0.2) is 36.5 Å². The summed E-state index contributed by atoms with van der Waals surface area (Å²) < 4.78 is 45.1. The summed E-state index contributed by atoms with van der Waals surface area (Å²) in [6.45, 7) is 1.94. The van der Waals surface area contributed by atoms with Crippen LogP contribution in [0.25, 0.3) is 0 Å². The maximum absolute atomic E-state index is 14.3. The Hall–Kier alpha value is -4.10. The number of nitrogens with zero attached hydrogens (tertiary/aromatic N) is 3. The number of rotatable bonds is 8. The highest BCUT2D eigenvalue weighted by Gasteiger charge is 2.31. The third-order valence-electron chi connectivity index (χ3n) is 7.31. The molecule has 1 aromatic heterocycles. The number of alkyl halides is 1. The van der Waals surface area contributed by atoms with Gasteiger partial charge in [0.1, 0.15) is 0 Å². The van der Waals surface area contributed by atoms with Gasteiger partial charge >= 0.3 is 0 Å². The van der Waals surface area contributed by atoms with Crippen LogP contribution in [0.4, 0.5) is 18.9 Å². The molecule has 3 aromatic rings. The lowest BCUT2D eigenvalue weighted by Gasteiger charge is -2.36. The van der Waals surface area contributed by atoms with E-state index in [2.05, 4.69) is 25.3 Å². The van der Waals surface area contributed by atoms with Crippen LogP contribution in [-0.2, 0) is 11.2 Å². The monoisotopic (exact) mass is 604 g/mol. The van der Waals surface area contributed by atoms with Crippen LogP contribution in [0.2, 0.25) is 5.02 Å². The number of H-pyrrole nitrogens is 1. The van der Waals surface area contributed by atoms with E-state index in [0.29, 0.717) is 44.1 Å². The predicted molar refractivity (Wildman–Crippen MR) is 147 cm³/mol. The fourth-order valence-corrected chi connectivity index (χ4v) is 5.29. The van der Waals surface area contributed by atoms with Crippen molar-refractivity contribution >= 4 is 35.0 Å². The van der Waals surface area contributed by atoms with Gasteiger partial charge in [-0.25, -0.2) is 13.8 Å². The Balaban J connectivity index is 1.17. The first kappa shape index (κ1) is 29.4. The predicted octanol–water partition coefficient (Wildman–Crippen LogP) is 3.38. The molecule has 14 heteroatoms. The number of hydrogen-bond acceptors (Lipinski definition) is 6.